The first-order valence-electron chi connectivity index (χ1n) is 15.0. The smallest absolute Gasteiger partial charge is 0.744 e. The van der Waals surface area contributed by atoms with E-state index in [4.69, 9.17) is 0 Å². The van der Waals surface area contributed by atoms with E-state index < -0.39 is 10.1 Å². The van der Waals surface area contributed by atoms with E-state index in [0.29, 0.717) is 6.42 Å². The normalized spacial score (nSPS) is 11.6. The molecule has 0 aromatic heterocycles. The molecule has 0 amide bonds. The van der Waals surface area contributed by atoms with Crippen LogP contribution in [0.15, 0.2) is 35.2 Å². The second-order valence-corrected chi connectivity index (χ2v) is 12.0. The molecule has 5 heteroatoms. The topological polar surface area (TPSA) is 57.2 Å². The number of benzene rings is 2. The van der Waals surface area contributed by atoms with Crippen molar-refractivity contribution in [1.82, 2.24) is 0 Å². The summed E-state index contributed by atoms with van der Waals surface area (Å²) >= 11 is 0. The fourth-order valence-electron chi connectivity index (χ4n) is 5.44. The summed E-state index contributed by atoms with van der Waals surface area (Å²) in [4.78, 5) is 0.0201. The number of rotatable bonds is 21. The van der Waals surface area contributed by atoms with Crippen molar-refractivity contribution in [3.8, 4) is 0 Å². The first-order chi connectivity index (χ1) is 17.5. The Morgan fingerprint density at radius 2 is 1.00 bits per heavy atom. The maximum atomic E-state index is 12.3. The summed E-state index contributed by atoms with van der Waals surface area (Å²) in [6, 6.07) is 9.61. The van der Waals surface area contributed by atoms with Gasteiger partial charge in [0.05, 0.1) is 4.90 Å². The van der Waals surface area contributed by atoms with E-state index in [1.165, 1.54) is 89.9 Å². The van der Waals surface area contributed by atoms with Crippen LogP contribution in [0.4, 0.5) is 0 Å². The van der Waals surface area contributed by atoms with Crippen LogP contribution in [0.25, 0.3) is 10.8 Å². The summed E-state index contributed by atoms with van der Waals surface area (Å²) in [6.45, 7) is 4.49. The van der Waals surface area contributed by atoms with Crippen LogP contribution in [0.1, 0.15) is 141 Å². The van der Waals surface area contributed by atoms with Gasteiger partial charge in [0.1, 0.15) is 10.1 Å². The second-order valence-electron chi connectivity index (χ2n) is 10.7. The largest absolute Gasteiger partial charge is 1.00 e. The van der Waals surface area contributed by atoms with Crippen molar-refractivity contribution in [2.45, 2.75) is 147 Å². The Hall–Kier alpha value is -0.390. The second kappa shape index (κ2) is 20.5. The van der Waals surface area contributed by atoms with Gasteiger partial charge >= 0.3 is 29.6 Å². The molecule has 2 rings (SSSR count). The predicted octanol–water partition coefficient (Wildman–Crippen LogP) is 6.89. The number of unbranched alkanes of at least 4 members (excludes halogenated alkanes) is 16. The molecular formula is C32H51NaO3S. The van der Waals surface area contributed by atoms with Gasteiger partial charge in [-0.1, -0.05) is 141 Å². The van der Waals surface area contributed by atoms with E-state index in [9.17, 15) is 13.0 Å². The summed E-state index contributed by atoms with van der Waals surface area (Å²) in [5.41, 5.74) is 1.90. The third-order valence-electron chi connectivity index (χ3n) is 7.56. The summed E-state index contributed by atoms with van der Waals surface area (Å²) in [6.07, 6.45) is 23.9. The van der Waals surface area contributed by atoms with Gasteiger partial charge in [0.2, 0.25) is 0 Å². The molecule has 0 bridgehead atoms. The van der Waals surface area contributed by atoms with Crippen molar-refractivity contribution in [3.63, 3.8) is 0 Å². The monoisotopic (exact) mass is 538 g/mol. The Morgan fingerprint density at radius 3 is 1.46 bits per heavy atom. The molecule has 0 unspecified atom stereocenters. The Kier molecular flexibility index (Phi) is 19.2. The number of fused-ring (bicyclic) bond motifs is 1. The standard InChI is InChI=1S/C32H52O3S.Na/c1-3-5-7-9-11-13-15-17-19-25-30-29-24-22-21-23-28(29)27-32(36(33,34)35)31(30)26-20-18-16-14-12-10-8-6-4-2;/h21-24,27H,3-20,25-26H2,1-2H3,(H,33,34,35);/q;+1/p-1. The summed E-state index contributed by atoms with van der Waals surface area (Å²) < 4.78 is 36.8. The molecule has 0 aliphatic heterocycles. The van der Waals surface area contributed by atoms with Crippen LogP contribution < -0.4 is 29.6 Å². The van der Waals surface area contributed by atoms with Crippen LogP contribution in [-0.4, -0.2) is 13.0 Å². The Bertz CT molecular complexity index is 971. The molecule has 0 radical (unpaired) electrons. The summed E-state index contributed by atoms with van der Waals surface area (Å²) in [5, 5.41) is 1.99. The maximum Gasteiger partial charge on any atom is 1.00 e. The Labute approximate surface area is 250 Å². The fraction of sp³-hybridized carbons (Fsp3) is 0.688. The average Bonchev–Trinajstić information content (AvgIpc) is 2.86. The van der Waals surface area contributed by atoms with Gasteiger partial charge in [0.15, 0.2) is 0 Å². The first kappa shape index (κ1) is 34.6. The van der Waals surface area contributed by atoms with E-state index in [-0.39, 0.29) is 34.5 Å². The van der Waals surface area contributed by atoms with Gasteiger partial charge in [-0.3, -0.25) is 0 Å². The SMILES string of the molecule is CCCCCCCCCCCc1c(S(=O)(=O)[O-])cc2ccccc2c1CCCCCCCCCCC.[Na+]. The van der Waals surface area contributed by atoms with Gasteiger partial charge in [-0.25, -0.2) is 8.42 Å². The van der Waals surface area contributed by atoms with Crippen molar-refractivity contribution in [2.75, 3.05) is 0 Å². The fourth-order valence-corrected chi connectivity index (χ4v) is 6.24. The van der Waals surface area contributed by atoms with Gasteiger partial charge in [-0.2, -0.15) is 0 Å². The van der Waals surface area contributed by atoms with Gasteiger partial charge in [0.25, 0.3) is 0 Å². The minimum absolute atomic E-state index is 0. The molecule has 0 fully saturated rings. The number of hydrogen-bond acceptors (Lipinski definition) is 3. The summed E-state index contributed by atoms with van der Waals surface area (Å²) in [5.74, 6) is 0. The first-order valence-corrected chi connectivity index (χ1v) is 16.4. The van der Waals surface area contributed by atoms with Gasteiger partial charge < -0.3 is 4.55 Å². The third-order valence-corrected chi connectivity index (χ3v) is 8.47. The van der Waals surface area contributed by atoms with Crippen molar-refractivity contribution < 1.29 is 42.5 Å². The van der Waals surface area contributed by atoms with E-state index in [1.807, 2.05) is 18.2 Å². The summed E-state index contributed by atoms with van der Waals surface area (Å²) in [7, 11) is -4.51. The number of hydrogen-bond donors (Lipinski definition) is 0. The zero-order valence-corrected chi connectivity index (χ0v) is 27.0. The zero-order valence-electron chi connectivity index (χ0n) is 24.2. The minimum Gasteiger partial charge on any atom is -0.744 e. The van der Waals surface area contributed by atoms with E-state index >= 15 is 0 Å². The quantitative estimate of drug-likeness (QED) is 0.0987. The minimum atomic E-state index is -4.51. The molecular weight excluding hydrogens is 487 g/mol. The van der Waals surface area contributed by atoms with Crippen molar-refractivity contribution in [1.29, 1.82) is 0 Å². The van der Waals surface area contributed by atoms with Crippen LogP contribution in [0.2, 0.25) is 0 Å². The van der Waals surface area contributed by atoms with Gasteiger partial charge in [-0.15, -0.1) is 0 Å². The number of aryl methyl sites for hydroxylation is 1. The molecule has 2 aromatic rings. The molecule has 204 valence electrons. The molecule has 0 saturated carbocycles. The molecule has 2 aromatic carbocycles. The molecule has 0 saturated heterocycles. The van der Waals surface area contributed by atoms with Crippen molar-refractivity contribution in [2.24, 2.45) is 0 Å². The van der Waals surface area contributed by atoms with Gasteiger partial charge in [-0.05, 0) is 53.6 Å². The van der Waals surface area contributed by atoms with Gasteiger partial charge in [0, 0.05) is 0 Å². The van der Waals surface area contributed by atoms with Crippen molar-refractivity contribution in [3.05, 3.63) is 41.5 Å². The zero-order chi connectivity index (χ0) is 26.1. The molecule has 0 aliphatic carbocycles. The van der Waals surface area contributed by atoms with Crippen LogP contribution in [-0.2, 0) is 23.0 Å². The van der Waals surface area contributed by atoms with Crippen LogP contribution in [0.5, 0.6) is 0 Å². The van der Waals surface area contributed by atoms with Crippen LogP contribution in [0, 0.1) is 0 Å². The molecule has 3 nitrogen and oxygen atoms in total. The molecule has 0 spiro atoms. The maximum absolute atomic E-state index is 12.3. The van der Waals surface area contributed by atoms with Crippen molar-refractivity contribution >= 4 is 20.9 Å². The Balaban J connectivity index is 0.00000684. The third kappa shape index (κ3) is 13.5. The molecule has 37 heavy (non-hydrogen) atoms. The van der Waals surface area contributed by atoms with E-state index in [1.54, 1.807) is 6.07 Å². The predicted molar refractivity (Wildman–Crippen MR) is 154 cm³/mol. The Morgan fingerprint density at radius 1 is 0.595 bits per heavy atom. The molecule has 0 aliphatic rings. The average molecular weight is 539 g/mol. The molecule has 0 heterocycles. The van der Waals surface area contributed by atoms with Crippen LogP contribution in [0.3, 0.4) is 0 Å². The van der Waals surface area contributed by atoms with Crippen LogP contribution >= 0.6 is 0 Å². The molecule has 0 atom stereocenters. The van der Waals surface area contributed by atoms with E-state index in [0.717, 1.165) is 54.0 Å². The molecule has 0 N–H and O–H groups in total. The van der Waals surface area contributed by atoms with E-state index in [2.05, 4.69) is 19.9 Å².